The summed E-state index contributed by atoms with van der Waals surface area (Å²) in [5.74, 6) is -1.09. The third-order valence-electron chi connectivity index (χ3n) is 3.81. The van der Waals surface area contributed by atoms with E-state index in [0.29, 0.717) is 13.0 Å². The molecule has 7 heteroatoms. The van der Waals surface area contributed by atoms with Gasteiger partial charge in [0.15, 0.2) is 0 Å². The van der Waals surface area contributed by atoms with E-state index in [1.54, 1.807) is 0 Å². The Labute approximate surface area is 126 Å². The fraction of sp³-hybridized carbons (Fsp3) is 0.857. The molecular formula is C14H27N3O4. The second-order valence-corrected chi connectivity index (χ2v) is 5.41. The fourth-order valence-corrected chi connectivity index (χ4v) is 2.20. The van der Waals surface area contributed by atoms with Gasteiger partial charge in [-0.1, -0.05) is 20.3 Å². The van der Waals surface area contributed by atoms with Crippen molar-refractivity contribution in [2.45, 2.75) is 32.7 Å². The molecule has 0 aromatic heterocycles. The second kappa shape index (κ2) is 9.57. The maximum atomic E-state index is 11.7. The summed E-state index contributed by atoms with van der Waals surface area (Å²) >= 11 is 0. The van der Waals surface area contributed by atoms with Gasteiger partial charge >= 0.3 is 12.0 Å². The average molecular weight is 301 g/mol. The number of nitrogens with one attached hydrogen (secondary N) is 2. The van der Waals surface area contributed by atoms with E-state index in [1.165, 1.54) is 0 Å². The zero-order valence-electron chi connectivity index (χ0n) is 12.9. The Bertz CT molecular complexity index is 332. The number of morpholine rings is 1. The van der Waals surface area contributed by atoms with Gasteiger partial charge in [-0.25, -0.2) is 9.59 Å². The van der Waals surface area contributed by atoms with E-state index in [2.05, 4.69) is 15.5 Å². The summed E-state index contributed by atoms with van der Waals surface area (Å²) in [6.45, 7) is 8.57. The van der Waals surface area contributed by atoms with Crippen LogP contribution in [0.25, 0.3) is 0 Å². The lowest BCUT2D eigenvalue weighted by molar-refractivity contribution is -0.140. The molecule has 3 N–H and O–H groups in total. The molecule has 122 valence electrons. The molecule has 2 amide bonds. The van der Waals surface area contributed by atoms with Crippen LogP contribution in [0.4, 0.5) is 4.79 Å². The topological polar surface area (TPSA) is 90.9 Å². The highest BCUT2D eigenvalue weighted by atomic mass is 16.5. The maximum absolute atomic E-state index is 11.7. The number of carboxylic acid groups (broad SMARTS) is 1. The van der Waals surface area contributed by atoms with E-state index in [0.717, 1.165) is 39.3 Å². The number of carbonyl (C=O) groups excluding carboxylic acids is 1. The summed E-state index contributed by atoms with van der Waals surface area (Å²) in [4.78, 5) is 25.1. The lowest BCUT2D eigenvalue weighted by Gasteiger charge is -2.26. The number of hydrogen-bond acceptors (Lipinski definition) is 4. The molecule has 1 aliphatic rings. The van der Waals surface area contributed by atoms with Gasteiger partial charge in [-0.05, 0) is 18.9 Å². The van der Waals surface area contributed by atoms with Crippen LogP contribution in [0.3, 0.4) is 0 Å². The van der Waals surface area contributed by atoms with Gasteiger partial charge in [0.1, 0.15) is 6.04 Å². The SMILES string of the molecule is CCC(C)[C@H](NC(=O)NCCCN1CCOCC1)C(=O)O. The number of amides is 2. The highest BCUT2D eigenvalue weighted by molar-refractivity contribution is 5.82. The van der Waals surface area contributed by atoms with Crippen molar-refractivity contribution in [3.8, 4) is 0 Å². The number of carboxylic acids is 1. The average Bonchev–Trinajstić information content (AvgIpc) is 2.49. The number of rotatable bonds is 8. The lowest BCUT2D eigenvalue weighted by Crippen LogP contribution is -2.49. The highest BCUT2D eigenvalue weighted by Crippen LogP contribution is 2.07. The van der Waals surface area contributed by atoms with Gasteiger partial charge in [0.05, 0.1) is 13.2 Å². The van der Waals surface area contributed by atoms with Crippen LogP contribution in [0.15, 0.2) is 0 Å². The van der Waals surface area contributed by atoms with E-state index in [9.17, 15) is 9.59 Å². The van der Waals surface area contributed by atoms with Crippen molar-refractivity contribution in [3.05, 3.63) is 0 Å². The van der Waals surface area contributed by atoms with Crippen molar-refractivity contribution in [1.29, 1.82) is 0 Å². The van der Waals surface area contributed by atoms with E-state index < -0.39 is 18.0 Å². The predicted molar refractivity (Wildman–Crippen MR) is 79.3 cm³/mol. The van der Waals surface area contributed by atoms with Crippen molar-refractivity contribution in [2.75, 3.05) is 39.4 Å². The summed E-state index contributed by atoms with van der Waals surface area (Å²) in [6, 6.07) is -1.25. The highest BCUT2D eigenvalue weighted by Gasteiger charge is 2.25. The molecule has 1 saturated heterocycles. The van der Waals surface area contributed by atoms with E-state index >= 15 is 0 Å². The number of carbonyl (C=O) groups is 2. The van der Waals surface area contributed by atoms with Crippen molar-refractivity contribution >= 4 is 12.0 Å². The Morgan fingerprint density at radius 2 is 2.00 bits per heavy atom. The Morgan fingerprint density at radius 3 is 2.57 bits per heavy atom. The summed E-state index contributed by atoms with van der Waals surface area (Å²) < 4.78 is 5.27. The fourth-order valence-electron chi connectivity index (χ4n) is 2.20. The molecule has 0 aromatic rings. The van der Waals surface area contributed by atoms with Crippen molar-refractivity contribution in [1.82, 2.24) is 15.5 Å². The molecule has 0 aromatic carbocycles. The molecular weight excluding hydrogens is 274 g/mol. The van der Waals surface area contributed by atoms with Crippen LogP contribution >= 0.6 is 0 Å². The molecule has 0 bridgehead atoms. The van der Waals surface area contributed by atoms with E-state index in [4.69, 9.17) is 9.84 Å². The minimum atomic E-state index is -0.993. The minimum absolute atomic E-state index is 0.0957. The molecule has 1 unspecified atom stereocenters. The first-order valence-electron chi connectivity index (χ1n) is 7.61. The van der Waals surface area contributed by atoms with Gasteiger partial charge in [-0.3, -0.25) is 4.90 Å². The van der Waals surface area contributed by atoms with Gasteiger partial charge < -0.3 is 20.5 Å². The number of aliphatic carboxylic acids is 1. The minimum Gasteiger partial charge on any atom is -0.480 e. The molecule has 7 nitrogen and oxygen atoms in total. The largest absolute Gasteiger partial charge is 0.480 e. The molecule has 2 atom stereocenters. The molecule has 0 saturated carbocycles. The number of hydrogen-bond donors (Lipinski definition) is 3. The monoisotopic (exact) mass is 301 g/mol. The normalized spacial score (nSPS) is 18.8. The van der Waals surface area contributed by atoms with Crippen LogP contribution < -0.4 is 10.6 Å². The van der Waals surface area contributed by atoms with Crippen LogP contribution in [0, 0.1) is 5.92 Å². The quantitative estimate of drug-likeness (QED) is 0.568. The Hall–Kier alpha value is -1.34. The lowest BCUT2D eigenvalue weighted by atomic mass is 9.99. The predicted octanol–water partition coefficient (Wildman–Crippen LogP) is 0.507. The first-order chi connectivity index (χ1) is 10.0. The molecule has 1 fully saturated rings. The molecule has 1 aliphatic heterocycles. The Kier molecular flexibility index (Phi) is 8.07. The smallest absolute Gasteiger partial charge is 0.326 e. The van der Waals surface area contributed by atoms with Crippen LogP contribution in [0.2, 0.25) is 0 Å². The standard InChI is InChI=1S/C14H27N3O4/c1-3-11(2)12(13(18)19)16-14(20)15-5-4-6-17-7-9-21-10-8-17/h11-12H,3-10H2,1-2H3,(H,18,19)(H2,15,16,20)/t11?,12-/m0/s1. The van der Waals surface area contributed by atoms with Gasteiger partial charge in [0.2, 0.25) is 0 Å². The van der Waals surface area contributed by atoms with Crippen LogP contribution in [0.5, 0.6) is 0 Å². The number of nitrogens with zero attached hydrogens (tertiary/aromatic N) is 1. The van der Waals surface area contributed by atoms with Crippen LogP contribution in [-0.2, 0) is 9.53 Å². The third kappa shape index (κ3) is 6.77. The summed E-state index contributed by atoms with van der Waals surface area (Å²) in [5.41, 5.74) is 0. The van der Waals surface area contributed by atoms with Crippen molar-refractivity contribution < 1.29 is 19.4 Å². The number of ether oxygens (including phenoxy) is 1. The van der Waals surface area contributed by atoms with Gasteiger partial charge in [0, 0.05) is 19.6 Å². The van der Waals surface area contributed by atoms with Gasteiger partial charge in [-0.2, -0.15) is 0 Å². The first-order valence-corrected chi connectivity index (χ1v) is 7.61. The summed E-state index contributed by atoms with van der Waals surface area (Å²) in [5, 5.41) is 14.3. The van der Waals surface area contributed by atoms with Crippen molar-refractivity contribution in [2.24, 2.45) is 5.92 Å². The van der Waals surface area contributed by atoms with Crippen LogP contribution in [-0.4, -0.2) is 67.4 Å². The van der Waals surface area contributed by atoms with E-state index in [1.807, 2.05) is 13.8 Å². The molecule has 1 rings (SSSR count). The third-order valence-corrected chi connectivity index (χ3v) is 3.81. The van der Waals surface area contributed by atoms with Crippen LogP contribution in [0.1, 0.15) is 26.7 Å². The zero-order valence-corrected chi connectivity index (χ0v) is 12.9. The molecule has 21 heavy (non-hydrogen) atoms. The second-order valence-electron chi connectivity index (χ2n) is 5.41. The maximum Gasteiger partial charge on any atom is 0.326 e. The van der Waals surface area contributed by atoms with Crippen molar-refractivity contribution in [3.63, 3.8) is 0 Å². The molecule has 1 heterocycles. The molecule has 0 spiro atoms. The molecule has 0 radical (unpaired) electrons. The van der Waals surface area contributed by atoms with E-state index in [-0.39, 0.29) is 5.92 Å². The Balaban J connectivity index is 2.18. The Morgan fingerprint density at radius 1 is 1.33 bits per heavy atom. The first kappa shape index (κ1) is 17.7. The summed E-state index contributed by atoms with van der Waals surface area (Å²) in [7, 11) is 0. The van der Waals surface area contributed by atoms with Gasteiger partial charge in [-0.15, -0.1) is 0 Å². The zero-order chi connectivity index (χ0) is 15.7. The summed E-state index contributed by atoms with van der Waals surface area (Å²) in [6.07, 6.45) is 1.54. The van der Waals surface area contributed by atoms with Gasteiger partial charge in [0.25, 0.3) is 0 Å². The molecule has 0 aliphatic carbocycles. The number of urea groups is 1.